The third-order valence-corrected chi connectivity index (χ3v) is 3.27. The van der Waals surface area contributed by atoms with Crippen molar-refractivity contribution in [3.63, 3.8) is 0 Å². The Kier molecular flexibility index (Phi) is 4.54. The van der Waals surface area contributed by atoms with Crippen molar-refractivity contribution in [1.29, 1.82) is 0 Å². The topological polar surface area (TPSA) is 32.3 Å². The molecule has 2 N–H and O–H groups in total. The molecule has 0 saturated carbocycles. The quantitative estimate of drug-likeness (QED) is 0.743. The fourth-order valence-corrected chi connectivity index (χ4v) is 2.25. The van der Waals surface area contributed by atoms with Crippen LogP contribution in [0.5, 0.6) is 5.75 Å². The Morgan fingerprint density at radius 1 is 1.10 bits per heavy atom. The van der Waals surface area contributed by atoms with Crippen molar-refractivity contribution in [2.45, 2.75) is 12.7 Å². The van der Waals surface area contributed by atoms with Gasteiger partial charge in [-0.3, -0.25) is 0 Å². The van der Waals surface area contributed by atoms with Crippen LogP contribution in [0.4, 0.5) is 18.9 Å². The van der Waals surface area contributed by atoms with Gasteiger partial charge in [0.15, 0.2) is 5.75 Å². The van der Waals surface area contributed by atoms with Gasteiger partial charge in [0, 0.05) is 11.6 Å². The number of hydrogen-bond acceptors (Lipinski definition) is 2. The van der Waals surface area contributed by atoms with Gasteiger partial charge in [0.05, 0.1) is 16.3 Å². The van der Waals surface area contributed by atoms with E-state index in [4.69, 9.17) is 23.2 Å². The SMILES string of the molecule is Oc1c(Cl)cc(Cl)cc1NCc1cccc(C(F)(F)F)c1. The molecular weight excluding hydrogens is 326 g/mol. The van der Waals surface area contributed by atoms with Crippen LogP contribution in [0.3, 0.4) is 0 Å². The predicted molar refractivity (Wildman–Crippen MR) is 76.9 cm³/mol. The molecule has 2 nitrogen and oxygen atoms in total. The second-order valence-corrected chi connectivity index (χ2v) is 5.18. The summed E-state index contributed by atoms with van der Waals surface area (Å²) in [5, 5.41) is 12.9. The van der Waals surface area contributed by atoms with Crippen molar-refractivity contribution in [3.05, 3.63) is 57.6 Å². The number of nitrogens with one attached hydrogen (secondary N) is 1. The van der Waals surface area contributed by atoms with Crippen molar-refractivity contribution in [1.82, 2.24) is 0 Å². The zero-order chi connectivity index (χ0) is 15.6. The highest BCUT2D eigenvalue weighted by Gasteiger charge is 2.30. The van der Waals surface area contributed by atoms with Gasteiger partial charge in [-0.05, 0) is 29.8 Å². The normalized spacial score (nSPS) is 11.5. The van der Waals surface area contributed by atoms with E-state index in [0.29, 0.717) is 10.6 Å². The standard InChI is InChI=1S/C14H10Cl2F3NO/c15-10-5-11(16)13(21)12(6-10)20-7-8-2-1-3-9(4-8)14(17,18)19/h1-6,20-21H,7H2. The fourth-order valence-electron chi connectivity index (χ4n) is 1.76. The van der Waals surface area contributed by atoms with Crippen LogP contribution in [0.2, 0.25) is 10.0 Å². The fraction of sp³-hybridized carbons (Fsp3) is 0.143. The first-order chi connectivity index (χ1) is 9.77. The summed E-state index contributed by atoms with van der Waals surface area (Å²) >= 11 is 11.6. The number of anilines is 1. The lowest BCUT2D eigenvalue weighted by Crippen LogP contribution is -2.07. The van der Waals surface area contributed by atoms with Crippen molar-refractivity contribution in [3.8, 4) is 5.75 Å². The van der Waals surface area contributed by atoms with Crippen molar-refractivity contribution in [2.75, 3.05) is 5.32 Å². The number of rotatable bonds is 3. The summed E-state index contributed by atoms with van der Waals surface area (Å²) in [5.41, 5.74) is -0.0552. The molecule has 0 aromatic heterocycles. The molecule has 2 rings (SSSR count). The average Bonchev–Trinajstić information content (AvgIpc) is 2.40. The van der Waals surface area contributed by atoms with E-state index in [2.05, 4.69) is 5.32 Å². The van der Waals surface area contributed by atoms with E-state index in [-0.39, 0.29) is 23.0 Å². The molecule has 0 fully saturated rings. The van der Waals surface area contributed by atoms with Crippen LogP contribution in [-0.2, 0) is 12.7 Å². The molecule has 0 unspecified atom stereocenters. The lowest BCUT2D eigenvalue weighted by atomic mass is 10.1. The number of phenolic OH excluding ortho intramolecular Hbond substituents is 1. The predicted octanol–water partition coefficient (Wildman–Crippen LogP) is 5.33. The van der Waals surface area contributed by atoms with Crippen LogP contribution >= 0.6 is 23.2 Å². The first-order valence-electron chi connectivity index (χ1n) is 5.85. The lowest BCUT2D eigenvalue weighted by Gasteiger charge is -2.12. The maximum Gasteiger partial charge on any atom is 0.416 e. The summed E-state index contributed by atoms with van der Waals surface area (Å²) in [6.45, 7) is 0.0914. The minimum atomic E-state index is -4.39. The molecular formula is C14H10Cl2F3NO. The summed E-state index contributed by atoms with van der Waals surface area (Å²) < 4.78 is 37.8. The van der Waals surface area contributed by atoms with Gasteiger partial charge >= 0.3 is 6.18 Å². The Morgan fingerprint density at radius 3 is 2.48 bits per heavy atom. The molecule has 0 heterocycles. The third kappa shape index (κ3) is 3.95. The van der Waals surface area contributed by atoms with Crippen LogP contribution in [-0.4, -0.2) is 5.11 Å². The van der Waals surface area contributed by atoms with E-state index in [1.807, 2.05) is 0 Å². The molecule has 0 saturated heterocycles. The first kappa shape index (κ1) is 15.8. The van der Waals surface area contributed by atoms with Gasteiger partial charge in [0.25, 0.3) is 0 Å². The first-order valence-corrected chi connectivity index (χ1v) is 6.61. The maximum atomic E-state index is 12.6. The molecule has 0 bridgehead atoms. The number of phenols is 1. The van der Waals surface area contributed by atoms with Crippen LogP contribution in [0, 0.1) is 0 Å². The Morgan fingerprint density at radius 2 is 1.81 bits per heavy atom. The molecule has 0 aliphatic carbocycles. The number of halogens is 5. The van der Waals surface area contributed by atoms with Crippen LogP contribution < -0.4 is 5.32 Å². The zero-order valence-corrected chi connectivity index (χ0v) is 12.0. The summed E-state index contributed by atoms with van der Waals surface area (Å²) in [4.78, 5) is 0. The van der Waals surface area contributed by atoms with Crippen LogP contribution in [0.15, 0.2) is 36.4 Å². The summed E-state index contributed by atoms with van der Waals surface area (Å²) in [5.74, 6) is -0.201. The molecule has 21 heavy (non-hydrogen) atoms. The van der Waals surface area contributed by atoms with E-state index in [1.54, 1.807) is 6.07 Å². The third-order valence-electron chi connectivity index (χ3n) is 2.77. The smallest absolute Gasteiger partial charge is 0.416 e. The Balaban J connectivity index is 2.17. The van der Waals surface area contributed by atoms with Gasteiger partial charge < -0.3 is 10.4 Å². The molecule has 0 amide bonds. The van der Waals surface area contributed by atoms with Crippen LogP contribution in [0.1, 0.15) is 11.1 Å². The van der Waals surface area contributed by atoms with Crippen molar-refractivity contribution in [2.24, 2.45) is 0 Å². The monoisotopic (exact) mass is 335 g/mol. The molecule has 0 aliphatic heterocycles. The molecule has 7 heteroatoms. The molecule has 2 aromatic carbocycles. The Hall–Kier alpha value is -1.59. The van der Waals surface area contributed by atoms with Crippen molar-refractivity contribution < 1.29 is 18.3 Å². The van der Waals surface area contributed by atoms with Gasteiger partial charge in [-0.25, -0.2) is 0 Å². The highest BCUT2D eigenvalue weighted by atomic mass is 35.5. The molecule has 0 aliphatic rings. The summed E-state index contributed by atoms with van der Waals surface area (Å²) in [7, 11) is 0. The lowest BCUT2D eigenvalue weighted by molar-refractivity contribution is -0.137. The average molecular weight is 336 g/mol. The van der Waals surface area contributed by atoms with Gasteiger partial charge in [0.1, 0.15) is 0 Å². The highest BCUT2D eigenvalue weighted by Crippen LogP contribution is 2.35. The largest absolute Gasteiger partial charge is 0.504 e. The Bertz CT molecular complexity index is 659. The molecule has 0 atom stereocenters. The molecule has 0 spiro atoms. The minimum absolute atomic E-state index is 0.0639. The van der Waals surface area contributed by atoms with Crippen molar-refractivity contribution >= 4 is 28.9 Å². The van der Waals surface area contributed by atoms with Gasteiger partial charge in [0.2, 0.25) is 0 Å². The van der Waals surface area contributed by atoms with Gasteiger partial charge in [-0.15, -0.1) is 0 Å². The van der Waals surface area contributed by atoms with Gasteiger partial charge in [-0.1, -0.05) is 35.3 Å². The number of alkyl halides is 3. The van der Waals surface area contributed by atoms with E-state index in [0.717, 1.165) is 12.1 Å². The zero-order valence-electron chi connectivity index (χ0n) is 10.5. The highest BCUT2D eigenvalue weighted by molar-refractivity contribution is 6.36. The number of benzene rings is 2. The minimum Gasteiger partial charge on any atom is -0.504 e. The molecule has 0 radical (unpaired) electrons. The maximum absolute atomic E-state index is 12.6. The number of hydrogen-bond donors (Lipinski definition) is 2. The van der Waals surface area contributed by atoms with Crippen LogP contribution in [0.25, 0.3) is 0 Å². The van der Waals surface area contributed by atoms with Gasteiger partial charge in [-0.2, -0.15) is 13.2 Å². The van der Waals surface area contributed by atoms with E-state index >= 15 is 0 Å². The molecule has 2 aromatic rings. The molecule has 112 valence electrons. The van der Waals surface area contributed by atoms with E-state index in [1.165, 1.54) is 18.2 Å². The summed E-state index contributed by atoms with van der Waals surface area (Å²) in [6, 6.07) is 7.72. The number of aromatic hydroxyl groups is 1. The Labute approximate surface area is 129 Å². The summed E-state index contributed by atoms with van der Waals surface area (Å²) in [6.07, 6.45) is -4.39. The van der Waals surface area contributed by atoms with E-state index in [9.17, 15) is 18.3 Å². The second kappa shape index (κ2) is 6.03. The second-order valence-electron chi connectivity index (χ2n) is 4.34. The van der Waals surface area contributed by atoms with E-state index < -0.39 is 11.7 Å².